The number of rotatable bonds is 3. The number of hydrogen-bond acceptors (Lipinski definition) is 4. The van der Waals surface area contributed by atoms with E-state index in [1.54, 1.807) is 30.3 Å². The molecule has 0 aliphatic heterocycles. The number of hydrogen-bond donors (Lipinski definition) is 0. The molecule has 5 heteroatoms. The largest absolute Gasteiger partial charge is 0.494 e. The first-order valence-electron chi connectivity index (χ1n) is 6.96. The number of benzene rings is 2. The van der Waals surface area contributed by atoms with Crippen molar-refractivity contribution in [2.24, 2.45) is 0 Å². The number of esters is 1. The van der Waals surface area contributed by atoms with Crippen molar-refractivity contribution in [3.63, 3.8) is 0 Å². The Kier molecular flexibility index (Phi) is 3.93. The Labute approximate surface area is 132 Å². The molecular weight excluding hydrogens is 297 g/mol. The Morgan fingerprint density at radius 2 is 1.87 bits per heavy atom. The first kappa shape index (κ1) is 15.0. The van der Waals surface area contributed by atoms with Gasteiger partial charge in [0.15, 0.2) is 5.75 Å². The number of pyridine rings is 1. The number of aromatic nitrogens is 1. The predicted molar refractivity (Wildman–Crippen MR) is 85.0 cm³/mol. The third-order valence-corrected chi connectivity index (χ3v) is 3.54. The summed E-state index contributed by atoms with van der Waals surface area (Å²) in [4.78, 5) is 16.8. The zero-order chi connectivity index (χ0) is 16.4. The minimum atomic E-state index is -0.530. The summed E-state index contributed by atoms with van der Waals surface area (Å²) < 4.78 is 23.9. The third kappa shape index (κ3) is 2.61. The summed E-state index contributed by atoms with van der Waals surface area (Å²) in [6, 6.07) is 13.2. The molecule has 0 N–H and O–H groups in total. The fourth-order valence-electron chi connectivity index (χ4n) is 2.53. The van der Waals surface area contributed by atoms with Crippen molar-refractivity contribution in [3.8, 4) is 17.0 Å². The SMILES string of the molecule is COC(=O)c1c(OC)c(-c2cccc(F)c2)nc2ccccc12. The molecule has 116 valence electrons. The van der Waals surface area contributed by atoms with Crippen molar-refractivity contribution in [2.45, 2.75) is 0 Å². The maximum absolute atomic E-state index is 13.6. The van der Waals surface area contributed by atoms with E-state index < -0.39 is 5.97 Å². The molecule has 0 fully saturated rings. The molecule has 0 unspecified atom stereocenters. The second-order valence-electron chi connectivity index (χ2n) is 4.89. The Balaban J connectivity index is 2.40. The topological polar surface area (TPSA) is 48.4 Å². The molecular formula is C18H14FNO3. The molecule has 3 aromatic rings. The number of methoxy groups -OCH3 is 2. The standard InChI is InChI=1S/C18H14FNO3/c1-22-17-15(18(21)23-2)13-8-3-4-9-14(13)20-16(17)11-6-5-7-12(19)10-11/h3-10H,1-2H3. The van der Waals surface area contributed by atoms with Crippen LogP contribution in [0.4, 0.5) is 4.39 Å². The average Bonchev–Trinajstić information content (AvgIpc) is 2.59. The number of halogens is 1. The van der Waals surface area contributed by atoms with Crippen molar-refractivity contribution in [1.82, 2.24) is 4.98 Å². The van der Waals surface area contributed by atoms with Crippen LogP contribution < -0.4 is 4.74 Å². The lowest BCUT2D eigenvalue weighted by molar-refractivity contribution is 0.0599. The van der Waals surface area contributed by atoms with Gasteiger partial charge in [0, 0.05) is 10.9 Å². The first-order valence-corrected chi connectivity index (χ1v) is 6.96. The van der Waals surface area contributed by atoms with Gasteiger partial charge in [-0.2, -0.15) is 0 Å². The van der Waals surface area contributed by atoms with Gasteiger partial charge in [-0.05, 0) is 18.2 Å². The smallest absolute Gasteiger partial charge is 0.342 e. The fourth-order valence-corrected chi connectivity index (χ4v) is 2.53. The number of fused-ring (bicyclic) bond motifs is 1. The molecule has 0 aliphatic carbocycles. The summed E-state index contributed by atoms with van der Waals surface area (Å²) in [6.45, 7) is 0. The van der Waals surface area contributed by atoms with Crippen LogP contribution in [0.5, 0.6) is 5.75 Å². The van der Waals surface area contributed by atoms with Crippen LogP contribution in [0.2, 0.25) is 0 Å². The summed E-state index contributed by atoms with van der Waals surface area (Å²) >= 11 is 0. The van der Waals surface area contributed by atoms with Crippen LogP contribution in [-0.4, -0.2) is 25.2 Å². The molecule has 0 saturated heterocycles. The summed E-state index contributed by atoms with van der Waals surface area (Å²) in [7, 11) is 2.75. The second-order valence-corrected chi connectivity index (χ2v) is 4.89. The molecule has 1 heterocycles. The quantitative estimate of drug-likeness (QED) is 0.690. The van der Waals surface area contributed by atoms with Gasteiger partial charge in [-0.3, -0.25) is 0 Å². The lowest BCUT2D eigenvalue weighted by Crippen LogP contribution is -2.07. The van der Waals surface area contributed by atoms with Crippen LogP contribution in [0.3, 0.4) is 0 Å². The van der Waals surface area contributed by atoms with Crippen molar-refractivity contribution in [2.75, 3.05) is 14.2 Å². The number of carbonyl (C=O) groups is 1. The van der Waals surface area contributed by atoms with Crippen LogP contribution in [0, 0.1) is 5.82 Å². The van der Waals surface area contributed by atoms with Crippen molar-refractivity contribution in [3.05, 3.63) is 59.9 Å². The highest BCUT2D eigenvalue weighted by molar-refractivity contribution is 6.08. The van der Waals surface area contributed by atoms with E-state index in [0.717, 1.165) is 0 Å². The van der Waals surface area contributed by atoms with Gasteiger partial charge >= 0.3 is 5.97 Å². The van der Waals surface area contributed by atoms with E-state index in [0.29, 0.717) is 22.2 Å². The summed E-state index contributed by atoms with van der Waals surface area (Å²) in [6.07, 6.45) is 0. The van der Waals surface area contributed by atoms with Crippen LogP contribution in [0.1, 0.15) is 10.4 Å². The van der Waals surface area contributed by atoms with E-state index in [4.69, 9.17) is 9.47 Å². The predicted octanol–water partition coefficient (Wildman–Crippen LogP) is 3.84. The van der Waals surface area contributed by atoms with Gasteiger partial charge in [-0.25, -0.2) is 14.2 Å². The number of carbonyl (C=O) groups excluding carboxylic acids is 1. The lowest BCUT2D eigenvalue weighted by atomic mass is 10.0. The van der Waals surface area contributed by atoms with Crippen molar-refractivity contribution >= 4 is 16.9 Å². The monoisotopic (exact) mass is 311 g/mol. The van der Waals surface area contributed by atoms with E-state index in [9.17, 15) is 9.18 Å². The Morgan fingerprint density at radius 3 is 2.57 bits per heavy atom. The zero-order valence-electron chi connectivity index (χ0n) is 12.7. The Bertz CT molecular complexity index is 893. The first-order chi connectivity index (χ1) is 11.2. The average molecular weight is 311 g/mol. The maximum Gasteiger partial charge on any atom is 0.342 e. The van der Waals surface area contributed by atoms with Crippen molar-refractivity contribution < 1.29 is 18.7 Å². The fraction of sp³-hybridized carbons (Fsp3) is 0.111. The van der Waals surface area contributed by atoms with Gasteiger partial charge < -0.3 is 9.47 Å². The maximum atomic E-state index is 13.6. The number of para-hydroxylation sites is 1. The van der Waals surface area contributed by atoms with Gasteiger partial charge in [-0.1, -0.05) is 30.3 Å². The zero-order valence-corrected chi connectivity index (χ0v) is 12.7. The molecule has 0 radical (unpaired) electrons. The molecule has 0 saturated carbocycles. The molecule has 0 aliphatic rings. The van der Waals surface area contributed by atoms with Crippen LogP contribution in [0.15, 0.2) is 48.5 Å². The summed E-state index contributed by atoms with van der Waals surface area (Å²) in [5.41, 5.74) is 1.80. The summed E-state index contributed by atoms with van der Waals surface area (Å²) in [5.74, 6) is -0.654. The van der Waals surface area contributed by atoms with Gasteiger partial charge in [0.2, 0.25) is 0 Å². The van der Waals surface area contributed by atoms with Gasteiger partial charge in [0.25, 0.3) is 0 Å². The van der Waals surface area contributed by atoms with Crippen LogP contribution >= 0.6 is 0 Å². The summed E-state index contributed by atoms with van der Waals surface area (Å²) in [5, 5.41) is 0.622. The molecule has 1 aromatic heterocycles. The van der Waals surface area contributed by atoms with Gasteiger partial charge in [0.1, 0.15) is 17.1 Å². The van der Waals surface area contributed by atoms with Crippen molar-refractivity contribution in [1.29, 1.82) is 0 Å². The molecule has 3 rings (SSSR count). The van der Waals surface area contributed by atoms with Crippen LogP contribution in [-0.2, 0) is 4.74 Å². The minimum Gasteiger partial charge on any atom is -0.494 e. The van der Waals surface area contributed by atoms with E-state index >= 15 is 0 Å². The molecule has 4 nitrogen and oxygen atoms in total. The highest BCUT2D eigenvalue weighted by Gasteiger charge is 2.23. The normalized spacial score (nSPS) is 10.6. The van der Waals surface area contributed by atoms with E-state index in [2.05, 4.69) is 4.98 Å². The highest BCUT2D eigenvalue weighted by atomic mass is 19.1. The lowest BCUT2D eigenvalue weighted by Gasteiger charge is -2.14. The van der Waals surface area contributed by atoms with Gasteiger partial charge in [-0.15, -0.1) is 0 Å². The van der Waals surface area contributed by atoms with E-state index in [1.165, 1.54) is 26.4 Å². The third-order valence-electron chi connectivity index (χ3n) is 3.54. The molecule has 2 aromatic carbocycles. The van der Waals surface area contributed by atoms with Gasteiger partial charge in [0.05, 0.1) is 19.7 Å². The van der Waals surface area contributed by atoms with E-state index in [1.807, 2.05) is 6.07 Å². The Morgan fingerprint density at radius 1 is 1.09 bits per heavy atom. The molecule has 0 atom stereocenters. The minimum absolute atomic E-state index is 0.265. The molecule has 0 amide bonds. The number of ether oxygens (including phenoxy) is 2. The van der Waals surface area contributed by atoms with E-state index in [-0.39, 0.29) is 17.1 Å². The molecule has 0 bridgehead atoms. The van der Waals surface area contributed by atoms with Crippen LogP contribution in [0.25, 0.3) is 22.2 Å². The molecule has 0 spiro atoms. The molecule has 23 heavy (non-hydrogen) atoms. The second kappa shape index (κ2) is 6.04. The Hall–Kier alpha value is -2.95. The highest BCUT2D eigenvalue weighted by Crippen LogP contribution is 2.36. The number of nitrogens with zero attached hydrogens (tertiary/aromatic N) is 1.